The summed E-state index contributed by atoms with van der Waals surface area (Å²) in [7, 11) is 0. The summed E-state index contributed by atoms with van der Waals surface area (Å²) in [6, 6.07) is 3.82. The zero-order valence-electron chi connectivity index (χ0n) is 10.2. The Hall–Kier alpha value is -1.95. The van der Waals surface area contributed by atoms with Crippen LogP contribution in [-0.2, 0) is 6.54 Å². The summed E-state index contributed by atoms with van der Waals surface area (Å²) in [5.41, 5.74) is 2.57. The monoisotopic (exact) mass is 318 g/mol. The third kappa shape index (κ3) is 2.58. The number of nitrogens with one attached hydrogen (secondary N) is 1. The van der Waals surface area contributed by atoms with E-state index in [4.69, 9.17) is 4.42 Å². The van der Waals surface area contributed by atoms with Gasteiger partial charge in [-0.15, -0.1) is 0 Å². The quantitative estimate of drug-likeness (QED) is 0.802. The Kier molecular flexibility index (Phi) is 3.16. The summed E-state index contributed by atoms with van der Waals surface area (Å²) in [6.45, 7) is 2.39. The van der Waals surface area contributed by atoms with E-state index in [0.29, 0.717) is 12.4 Å². The van der Waals surface area contributed by atoms with Gasteiger partial charge in [0.05, 0.1) is 23.9 Å². The molecule has 0 bridgehead atoms. The summed E-state index contributed by atoms with van der Waals surface area (Å²) in [5, 5.41) is 3.26. The molecule has 3 rings (SSSR count). The van der Waals surface area contributed by atoms with Crippen LogP contribution in [0.3, 0.4) is 0 Å². The van der Waals surface area contributed by atoms with Crippen LogP contribution in [0.25, 0.3) is 11.0 Å². The highest BCUT2D eigenvalue weighted by atomic mass is 79.9. The van der Waals surface area contributed by atoms with Gasteiger partial charge in [-0.2, -0.15) is 0 Å². The van der Waals surface area contributed by atoms with Crippen LogP contribution in [0.2, 0.25) is 0 Å². The highest BCUT2D eigenvalue weighted by Crippen LogP contribution is 2.22. The van der Waals surface area contributed by atoms with Crippen LogP contribution in [0.4, 0.5) is 5.69 Å². The molecular weight excluding hydrogens is 308 g/mol. The molecule has 1 N–H and O–H groups in total. The molecule has 0 radical (unpaired) electrons. The number of aromatic nitrogens is 3. The van der Waals surface area contributed by atoms with Crippen molar-refractivity contribution in [2.24, 2.45) is 0 Å². The van der Waals surface area contributed by atoms with Crippen molar-refractivity contribution >= 4 is 32.7 Å². The number of oxazole rings is 1. The summed E-state index contributed by atoms with van der Waals surface area (Å²) < 4.78 is 6.33. The van der Waals surface area contributed by atoms with Gasteiger partial charge in [-0.3, -0.25) is 9.97 Å². The van der Waals surface area contributed by atoms with Gasteiger partial charge in [0.15, 0.2) is 0 Å². The second-order valence-corrected chi connectivity index (χ2v) is 5.01. The second kappa shape index (κ2) is 4.97. The van der Waals surface area contributed by atoms with Crippen LogP contribution < -0.4 is 5.32 Å². The van der Waals surface area contributed by atoms with Crippen LogP contribution in [0.5, 0.6) is 0 Å². The number of rotatable bonds is 3. The molecule has 0 aliphatic heterocycles. The predicted octanol–water partition coefficient (Wildman–Crippen LogP) is 3.30. The van der Waals surface area contributed by atoms with Gasteiger partial charge in [0, 0.05) is 16.9 Å². The fraction of sp³-hybridized carbons (Fsp3) is 0.154. The lowest BCUT2D eigenvalue weighted by atomic mass is 10.3. The number of anilines is 1. The second-order valence-electron chi connectivity index (χ2n) is 4.10. The molecule has 3 aromatic rings. The molecule has 0 spiro atoms. The van der Waals surface area contributed by atoms with Gasteiger partial charge in [-0.05, 0) is 35.0 Å². The Morgan fingerprint density at radius 3 is 2.95 bits per heavy atom. The maximum Gasteiger partial charge on any atom is 0.213 e. The van der Waals surface area contributed by atoms with Crippen LogP contribution in [0.15, 0.2) is 39.6 Å². The largest absolute Gasteiger partial charge is 0.444 e. The van der Waals surface area contributed by atoms with Gasteiger partial charge < -0.3 is 9.73 Å². The van der Waals surface area contributed by atoms with Crippen molar-refractivity contribution in [3.05, 3.63) is 46.8 Å². The first-order valence-corrected chi connectivity index (χ1v) is 6.57. The summed E-state index contributed by atoms with van der Waals surface area (Å²) in [5.74, 6) is 1.46. The lowest BCUT2D eigenvalue weighted by Crippen LogP contribution is -2.01. The van der Waals surface area contributed by atoms with Crippen LogP contribution >= 0.6 is 15.9 Å². The highest BCUT2D eigenvalue weighted by Gasteiger charge is 2.05. The van der Waals surface area contributed by atoms with E-state index in [1.54, 1.807) is 18.6 Å². The molecule has 96 valence electrons. The molecule has 0 saturated carbocycles. The highest BCUT2D eigenvalue weighted by molar-refractivity contribution is 9.10. The summed E-state index contributed by atoms with van der Waals surface area (Å²) in [4.78, 5) is 12.8. The smallest absolute Gasteiger partial charge is 0.213 e. The van der Waals surface area contributed by atoms with Gasteiger partial charge in [0.2, 0.25) is 5.89 Å². The molecule has 0 atom stereocenters. The molecule has 3 aromatic heterocycles. The minimum absolute atomic E-state index is 0.519. The van der Waals surface area contributed by atoms with Gasteiger partial charge in [0.1, 0.15) is 11.3 Å². The molecule has 0 fully saturated rings. The molecule has 19 heavy (non-hydrogen) atoms. The SMILES string of the molecule is Cc1cnc(CNc2ccnc3cc(Br)cnc23)o1. The van der Waals surface area contributed by atoms with Crippen molar-refractivity contribution in [2.45, 2.75) is 13.5 Å². The van der Waals surface area contributed by atoms with Crippen molar-refractivity contribution in [3.8, 4) is 0 Å². The number of hydrogen-bond acceptors (Lipinski definition) is 5. The number of aryl methyl sites for hydroxylation is 1. The summed E-state index contributed by atoms with van der Waals surface area (Å²) in [6.07, 6.45) is 5.21. The Labute approximate surface area is 118 Å². The van der Waals surface area contributed by atoms with Crippen molar-refractivity contribution in [1.82, 2.24) is 15.0 Å². The molecule has 0 amide bonds. The lowest BCUT2D eigenvalue weighted by molar-refractivity contribution is 0.479. The van der Waals surface area contributed by atoms with Crippen molar-refractivity contribution in [3.63, 3.8) is 0 Å². The van der Waals surface area contributed by atoms with E-state index in [9.17, 15) is 0 Å². The van der Waals surface area contributed by atoms with E-state index in [1.165, 1.54) is 0 Å². The molecule has 0 aliphatic rings. The molecule has 0 aliphatic carbocycles. The summed E-state index contributed by atoms with van der Waals surface area (Å²) >= 11 is 3.39. The van der Waals surface area contributed by atoms with Gasteiger partial charge in [-0.25, -0.2) is 4.98 Å². The lowest BCUT2D eigenvalue weighted by Gasteiger charge is -2.06. The topological polar surface area (TPSA) is 63.8 Å². The first kappa shape index (κ1) is 12.1. The zero-order valence-corrected chi connectivity index (χ0v) is 11.8. The predicted molar refractivity (Wildman–Crippen MR) is 75.8 cm³/mol. The van der Waals surface area contributed by atoms with Crippen molar-refractivity contribution in [2.75, 3.05) is 5.32 Å². The number of pyridine rings is 2. The Balaban J connectivity index is 1.88. The Morgan fingerprint density at radius 1 is 1.26 bits per heavy atom. The minimum atomic E-state index is 0.519. The molecule has 0 aromatic carbocycles. The normalized spacial score (nSPS) is 10.8. The first-order chi connectivity index (χ1) is 9.22. The number of halogens is 1. The van der Waals surface area contributed by atoms with Crippen LogP contribution in [0, 0.1) is 6.92 Å². The number of fused-ring (bicyclic) bond motifs is 1. The van der Waals surface area contributed by atoms with Gasteiger partial charge in [-0.1, -0.05) is 0 Å². The molecular formula is C13H11BrN4O. The fourth-order valence-corrected chi connectivity index (χ4v) is 2.12. The third-order valence-corrected chi connectivity index (χ3v) is 3.08. The number of hydrogen-bond donors (Lipinski definition) is 1. The minimum Gasteiger partial charge on any atom is -0.444 e. The molecule has 0 unspecified atom stereocenters. The van der Waals surface area contributed by atoms with E-state index in [1.807, 2.05) is 19.1 Å². The van der Waals surface area contributed by atoms with E-state index in [2.05, 4.69) is 36.2 Å². The third-order valence-electron chi connectivity index (χ3n) is 2.64. The Bertz CT molecular complexity index is 725. The first-order valence-electron chi connectivity index (χ1n) is 5.78. The van der Waals surface area contributed by atoms with Crippen molar-refractivity contribution in [1.29, 1.82) is 0 Å². The van der Waals surface area contributed by atoms with Crippen LogP contribution in [0.1, 0.15) is 11.7 Å². The molecule has 3 heterocycles. The average molecular weight is 319 g/mol. The van der Waals surface area contributed by atoms with E-state index in [-0.39, 0.29) is 0 Å². The van der Waals surface area contributed by atoms with Gasteiger partial charge >= 0.3 is 0 Å². The Morgan fingerprint density at radius 2 is 2.16 bits per heavy atom. The maximum absolute atomic E-state index is 5.42. The van der Waals surface area contributed by atoms with Gasteiger partial charge in [0.25, 0.3) is 0 Å². The zero-order chi connectivity index (χ0) is 13.2. The maximum atomic E-state index is 5.42. The standard InChI is InChI=1S/C13H11BrN4O/c1-8-5-17-12(19-8)7-16-10-2-3-15-11-4-9(14)6-18-13(10)11/h2-6H,7H2,1H3,(H,15,16). The fourth-order valence-electron chi connectivity index (χ4n) is 1.80. The van der Waals surface area contributed by atoms with Crippen molar-refractivity contribution < 1.29 is 4.42 Å². The molecule has 6 heteroatoms. The molecule has 0 saturated heterocycles. The van der Waals surface area contributed by atoms with E-state index in [0.717, 1.165) is 27.0 Å². The van der Waals surface area contributed by atoms with Crippen LogP contribution in [-0.4, -0.2) is 15.0 Å². The van der Waals surface area contributed by atoms with E-state index < -0.39 is 0 Å². The average Bonchev–Trinajstić information content (AvgIpc) is 2.81. The van der Waals surface area contributed by atoms with E-state index >= 15 is 0 Å². The number of nitrogens with zero attached hydrogens (tertiary/aromatic N) is 3. The molecule has 5 nitrogen and oxygen atoms in total.